The van der Waals surface area contributed by atoms with Gasteiger partial charge in [0.15, 0.2) is 12.3 Å². The molecular weight excluding hydrogens is 272 g/mol. The lowest BCUT2D eigenvalue weighted by Gasteiger charge is -2.22. The average molecular weight is 288 g/mol. The second-order valence-corrected chi connectivity index (χ2v) is 5.26. The average Bonchev–Trinajstić information content (AvgIpc) is 3.30. The second-order valence-electron chi connectivity index (χ2n) is 5.26. The Bertz CT molecular complexity index is 589. The molecule has 7 nitrogen and oxygen atoms in total. The number of carbonyl (C=O) groups is 2. The molecule has 1 atom stereocenters. The summed E-state index contributed by atoms with van der Waals surface area (Å²) in [4.78, 5) is 31.2. The van der Waals surface area contributed by atoms with Gasteiger partial charge in [-0.25, -0.2) is 9.78 Å². The Morgan fingerprint density at radius 1 is 1.48 bits per heavy atom. The number of ether oxygens (including phenoxy) is 1. The quantitative estimate of drug-likeness (QED) is 0.801. The first-order valence-corrected chi connectivity index (χ1v) is 6.62. The first kappa shape index (κ1) is 14.9. The third-order valence-electron chi connectivity index (χ3n) is 3.35. The number of amides is 1. The molecule has 0 saturated heterocycles. The van der Waals surface area contributed by atoms with Crippen molar-refractivity contribution < 1.29 is 14.3 Å². The molecule has 1 heterocycles. The van der Waals surface area contributed by atoms with Gasteiger partial charge in [0.25, 0.3) is 5.91 Å². The minimum absolute atomic E-state index is 0.0404. The lowest BCUT2D eigenvalue weighted by atomic mass is 9.98. The monoisotopic (exact) mass is 288 g/mol. The predicted octanol–water partition coefficient (Wildman–Crippen LogP) is 0.750. The Balaban J connectivity index is 1.85. The number of aryl methyl sites for hydroxylation is 1. The van der Waals surface area contributed by atoms with Crippen LogP contribution in [-0.4, -0.2) is 34.0 Å². The van der Waals surface area contributed by atoms with Crippen molar-refractivity contribution in [3.63, 3.8) is 0 Å². The van der Waals surface area contributed by atoms with Crippen molar-refractivity contribution in [3.8, 4) is 6.07 Å². The highest BCUT2D eigenvalue weighted by atomic mass is 16.5. The summed E-state index contributed by atoms with van der Waals surface area (Å²) in [6, 6.07) is 2.10. The highest BCUT2D eigenvalue weighted by Gasteiger charge is 2.43. The van der Waals surface area contributed by atoms with Crippen LogP contribution in [0.5, 0.6) is 0 Å². The van der Waals surface area contributed by atoms with E-state index in [0.29, 0.717) is 5.69 Å². The Morgan fingerprint density at radius 2 is 2.19 bits per heavy atom. The van der Waals surface area contributed by atoms with Gasteiger partial charge in [0.05, 0.1) is 18.0 Å². The van der Waals surface area contributed by atoms with Crippen molar-refractivity contribution in [2.75, 3.05) is 6.61 Å². The molecule has 0 unspecified atom stereocenters. The smallest absolute Gasteiger partial charge is 0.359 e. The third-order valence-corrected chi connectivity index (χ3v) is 3.35. The van der Waals surface area contributed by atoms with Gasteiger partial charge in [-0.15, -0.1) is 0 Å². The van der Waals surface area contributed by atoms with E-state index in [0.717, 1.165) is 12.8 Å². The van der Waals surface area contributed by atoms with Crippen molar-refractivity contribution in [2.45, 2.75) is 32.2 Å². The molecule has 2 rings (SSSR count). The number of hydrogen-bond acceptors (Lipinski definition) is 6. The Labute approximate surface area is 122 Å². The lowest BCUT2D eigenvalue weighted by molar-refractivity contribution is -0.125. The molecule has 0 aliphatic heterocycles. The maximum Gasteiger partial charge on any atom is 0.359 e. The third kappa shape index (κ3) is 3.75. The van der Waals surface area contributed by atoms with E-state index >= 15 is 0 Å². The first-order valence-electron chi connectivity index (χ1n) is 6.62. The van der Waals surface area contributed by atoms with Crippen LogP contribution >= 0.6 is 0 Å². The fraction of sp³-hybridized carbons (Fsp3) is 0.500. The predicted molar refractivity (Wildman–Crippen MR) is 71.9 cm³/mol. The Morgan fingerprint density at radius 3 is 2.71 bits per heavy atom. The molecule has 1 aliphatic rings. The number of nitrogens with zero attached hydrogens (tertiary/aromatic N) is 3. The van der Waals surface area contributed by atoms with Crippen molar-refractivity contribution in [2.24, 2.45) is 5.92 Å². The molecule has 1 saturated carbocycles. The molecule has 110 valence electrons. The summed E-state index contributed by atoms with van der Waals surface area (Å²) in [7, 11) is 0. The molecule has 0 spiro atoms. The van der Waals surface area contributed by atoms with Crippen molar-refractivity contribution in [1.29, 1.82) is 5.26 Å². The summed E-state index contributed by atoms with van der Waals surface area (Å²) in [6.07, 6.45) is 4.57. The van der Waals surface area contributed by atoms with Crippen molar-refractivity contribution >= 4 is 11.9 Å². The zero-order valence-corrected chi connectivity index (χ0v) is 11.9. The Hall–Kier alpha value is -2.49. The van der Waals surface area contributed by atoms with Crippen LogP contribution in [0.1, 0.15) is 35.9 Å². The number of carbonyl (C=O) groups excluding carboxylic acids is 2. The fourth-order valence-electron chi connectivity index (χ4n) is 1.91. The highest BCUT2D eigenvalue weighted by molar-refractivity contribution is 5.89. The van der Waals surface area contributed by atoms with E-state index < -0.39 is 24.0 Å². The summed E-state index contributed by atoms with van der Waals surface area (Å²) in [5.41, 5.74) is -0.176. The summed E-state index contributed by atoms with van der Waals surface area (Å²) < 4.78 is 4.86. The molecule has 1 aromatic rings. The number of esters is 1. The van der Waals surface area contributed by atoms with E-state index in [2.05, 4.69) is 21.4 Å². The minimum atomic E-state index is -0.896. The minimum Gasteiger partial charge on any atom is -0.451 e. The van der Waals surface area contributed by atoms with E-state index in [1.807, 2.05) is 0 Å². The summed E-state index contributed by atoms with van der Waals surface area (Å²) in [6.45, 7) is 2.98. The second kappa shape index (κ2) is 5.87. The van der Waals surface area contributed by atoms with E-state index in [1.54, 1.807) is 13.8 Å². The maximum absolute atomic E-state index is 11.8. The Kier molecular flexibility index (Phi) is 4.17. The van der Waals surface area contributed by atoms with Crippen LogP contribution in [0.15, 0.2) is 12.4 Å². The summed E-state index contributed by atoms with van der Waals surface area (Å²) in [5.74, 6) is -1.05. The van der Waals surface area contributed by atoms with E-state index in [-0.39, 0.29) is 11.6 Å². The molecule has 1 aromatic heterocycles. The number of nitrogens with one attached hydrogen (secondary N) is 1. The molecular formula is C14H16N4O3. The van der Waals surface area contributed by atoms with Gasteiger partial charge >= 0.3 is 5.97 Å². The summed E-state index contributed by atoms with van der Waals surface area (Å²) >= 11 is 0. The normalized spacial score (nSPS) is 16.4. The van der Waals surface area contributed by atoms with E-state index in [9.17, 15) is 9.59 Å². The number of hydrogen-bond donors (Lipinski definition) is 1. The maximum atomic E-state index is 11.8. The van der Waals surface area contributed by atoms with Crippen LogP contribution in [0.3, 0.4) is 0 Å². The molecule has 21 heavy (non-hydrogen) atoms. The van der Waals surface area contributed by atoms with Gasteiger partial charge in [-0.3, -0.25) is 9.78 Å². The highest BCUT2D eigenvalue weighted by Crippen LogP contribution is 2.39. The number of rotatable bonds is 5. The summed E-state index contributed by atoms with van der Waals surface area (Å²) in [5, 5.41) is 11.7. The standard InChI is InChI=1S/C14H16N4O3/c1-9-5-17-11(6-16-9)13(20)21-7-12(19)18-14(2,8-15)10-3-4-10/h5-6,10H,3-4,7H2,1-2H3,(H,18,19)/t14-/m1/s1. The van der Waals surface area contributed by atoms with Crippen LogP contribution in [0, 0.1) is 24.2 Å². The molecule has 1 amide bonds. The van der Waals surface area contributed by atoms with Gasteiger partial charge in [-0.05, 0) is 32.6 Å². The van der Waals surface area contributed by atoms with Gasteiger partial charge < -0.3 is 10.1 Å². The lowest BCUT2D eigenvalue weighted by Crippen LogP contribution is -2.48. The fourth-order valence-corrected chi connectivity index (χ4v) is 1.91. The number of aromatic nitrogens is 2. The van der Waals surface area contributed by atoms with Gasteiger partial charge in [0, 0.05) is 6.20 Å². The molecule has 0 bridgehead atoms. The van der Waals surface area contributed by atoms with Gasteiger partial charge in [0.2, 0.25) is 0 Å². The topological polar surface area (TPSA) is 105 Å². The molecule has 0 aromatic carbocycles. The van der Waals surface area contributed by atoms with Crippen LogP contribution in [0.2, 0.25) is 0 Å². The van der Waals surface area contributed by atoms with E-state index in [1.165, 1.54) is 12.4 Å². The molecule has 0 radical (unpaired) electrons. The zero-order valence-electron chi connectivity index (χ0n) is 11.9. The molecule has 1 fully saturated rings. The van der Waals surface area contributed by atoms with Crippen LogP contribution in [-0.2, 0) is 9.53 Å². The van der Waals surface area contributed by atoms with Crippen LogP contribution in [0.25, 0.3) is 0 Å². The number of nitriles is 1. The van der Waals surface area contributed by atoms with Gasteiger partial charge in [0.1, 0.15) is 5.54 Å². The zero-order chi connectivity index (χ0) is 15.5. The molecule has 1 aliphatic carbocycles. The first-order chi connectivity index (χ1) is 9.94. The molecule has 7 heteroatoms. The van der Waals surface area contributed by atoms with E-state index in [4.69, 9.17) is 10.00 Å². The largest absolute Gasteiger partial charge is 0.451 e. The van der Waals surface area contributed by atoms with Crippen LogP contribution in [0.4, 0.5) is 0 Å². The van der Waals surface area contributed by atoms with Crippen molar-refractivity contribution in [1.82, 2.24) is 15.3 Å². The van der Waals surface area contributed by atoms with Crippen LogP contribution < -0.4 is 5.32 Å². The molecule has 1 N–H and O–H groups in total. The SMILES string of the molecule is Cc1cnc(C(=O)OCC(=O)N[C@](C)(C#N)C2CC2)cn1. The van der Waals surface area contributed by atoms with Crippen molar-refractivity contribution in [3.05, 3.63) is 23.8 Å². The van der Waals surface area contributed by atoms with Gasteiger partial charge in [-0.1, -0.05) is 0 Å². The van der Waals surface area contributed by atoms with Gasteiger partial charge in [-0.2, -0.15) is 5.26 Å².